The number of benzene rings is 1. The molecule has 2 aliphatic rings. The Hall–Kier alpha value is -1.94. The minimum atomic E-state index is -0.634. The van der Waals surface area contributed by atoms with E-state index in [0.717, 1.165) is 19.4 Å². The zero-order chi connectivity index (χ0) is 24.2. The topological polar surface area (TPSA) is 88.4 Å². The summed E-state index contributed by atoms with van der Waals surface area (Å²) in [6.07, 6.45) is 11.3. The summed E-state index contributed by atoms with van der Waals surface area (Å²) in [4.78, 5) is 22.4. The van der Waals surface area contributed by atoms with Gasteiger partial charge in [-0.3, -0.25) is 9.63 Å². The van der Waals surface area contributed by atoms with Crippen molar-refractivity contribution in [3.05, 3.63) is 46.7 Å². The van der Waals surface area contributed by atoms with Crippen molar-refractivity contribution in [1.29, 1.82) is 0 Å². The van der Waals surface area contributed by atoms with Gasteiger partial charge in [-0.05, 0) is 36.8 Å². The zero-order valence-electron chi connectivity index (χ0n) is 19.0. The van der Waals surface area contributed by atoms with Gasteiger partial charge in [0.1, 0.15) is 5.52 Å². The summed E-state index contributed by atoms with van der Waals surface area (Å²) in [6.45, 7) is 2.40. The Morgan fingerprint density at radius 1 is 1.35 bits per heavy atom. The van der Waals surface area contributed by atoms with Gasteiger partial charge < -0.3 is 15.0 Å². The molecule has 1 fully saturated rings. The average molecular weight is 556 g/mol. The van der Waals surface area contributed by atoms with Crippen molar-refractivity contribution < 1.29 is 19.1 Å². The van der Waals surface area contributed by atoms with Gasteiger partial charge in [0, 0.05) is 11.4 Å². The first-order valence-corrected chi connectivity index (χ1v) is 12.9. The van der Waals surface area contributed by atoms with E-state index < -0.39 is 11.7 Å². The fourth-order valence-electron chi connectivity index (χ4n) is 4.52. The van der Waals surface area contributed by atoms with Crippen molar-refractivity contribution in [3.63, 3.8) is 0 Å². The van der Waals surface area contributed by atoms with E-state index in [1.165, 1.54) is 19.3 Å². The highest BCUT2D eigenvalue weighted by atomic mass is 79.9. The van der Waals surface area contributed by atoms with Crippen LogP contribution in [-0.2, 0) is 11.4 Å². The molecule has 2 unspecified atom stereocenters. The van der Waals surface area contributed by atoms with E-state index in [1.807, 2.05) is 23.6 Å². The molecule has 3 N–H and O–H groups in total. The molecule has 2 atom stereocenters. The number of fused-ring (bicyclic) bond motifs is 1. The van der Waals surface area contributed by atoms with Gasteiger partial charge in [-0.15, -0.1) is 0 Å². The molecule has 10 heteroatoms. The molecular weight excluding hydrogens is 527 g/mol. The molecule has 7 nitrogen and oxygen atoms in total. The second-order valence-electron chi connectivity index (χ2n) is 8.91. The van der Waals surface area contributed by atoms with Gasteiger partial charge >= 0.3 is 0 Å². The maximum atomic E-state index is 15.8. The summed E-state index contributed by atoms with van der Waals surface area (Å²) in [5.41, 5.74) is 3.56. The number of anilines is 1. The molecule has 2 aliphatic carbocycles. The third-order valence-electron chi connectivity index (χ3n) is 6.39. The standard InChI is InChI=1S/C24H29BrClFN4O3/c1-14-9-19(18(26)11-17(14)25)29-22-16(24(33)30-34-8-7-32)10-20-23(21(22)27)28-13-31(20)12-15-5-3-2-4-6-15/h9-11,13-15,17,29,32H,2-8,12H2,1H3,(H,30,33). The minimum absolute atomic E-state index is 0.0291. The van der Waals surface area contributed by atoms with Crippen LogP contribution >= 0.6 is 27.5 Å². The second kappa shape index (κ2) is 11.2. The van der Waals surface area contributed by atoms with Crippen LogP contribution in [0.1, 0.15) is 49.4 Å². The van der Waals surface area contributed by atoms with Crippen LogP contribution in [-0.4, -0.2) is 38.6 Å². The lowest BCUT2D eigenvalue weighted by molar-refractivity contribution is 0.0169. The summed E-state index contributed by atoms with van der Waals surface area (Å²) in [6, 6.07) is 1.63. The number of aliphatic hydroxyl groups is 1. The Bertz CT molecular complexity index is 1110. The van der Waals surface area contributed by atoms with Crippen LogP contribution in [0.3, 0.4) is 0 Å². The smallest absolute Gasteiger partial charge is 0.277 e. The normalized spacial score (nSPS) is 21.3. The molecule has 0 bridgehead atoms. The fourth-order valence-corrected chi connectivity index (χ4v) is 5.34. The van der Waals surface area contributed by atoms with E-state index in [0.29, 0.717) is 22.2 Å². The summed E-state index contributed by atoms with van der Waals surface area (Å²) in [5, 5.41) is 12.4. The third kappa shape index (κ3) is 5.48. The maximum absolute atomic E-state index is 15.8. The number of imidazole rings is 1. The lowest BCUT2D eigenvalue weighted by Gasteiger charge is -2.23. The van der Waals surface area contributed by atoms with Crippen molar-refractivity contribution in [1.82, 2.24) is 15.0 Å². The number of hydrogen-bond acceptors (Lipinski definition) is 5. The molecule has 0 saturated heterocycles. The number of nitrogens with zero attached hydrogens (tertiary/aromatic N) is 2. The first-order chi connectivity index (χ1) is 16.4. The number of allylic oxidation sites excluding steroid dienone is 3. The van der Waals surface area contributed by atoms with Crippen molar-refractivity contribution in [2.45, 2.75) is 50.4 Å². The van der Waals surface area contributed by atoms with E-state index >= 15 is 4.39 Å². The highest BCUT2D eigenvalue weighted by Crippen LogP contribution is 2.35. The minimum Gasteiger partial charge on any atom is -0.394 e. The molecule has 1 aromatic carbocycles. The molecular formula is C24H29BrClFN4O3. The molecule has 34 heavy (non-hydrogen) atoms. The molecule has 1 aromatic heterocycles. The predicted octanol–water partition coefficient (Wildman–Crippen LogP) is 5.24. The number of aliphatic hydroxyl groups excluding tert-OH is 1. The highest BCUT2D eigenvalue weighted by Gasteiger charge is 2.26. The molecule has 0 aliphatic heterocycles. The Labute approximate surface area is 211 Å². The molecule has 0 spiro atoms. The summed E-state index contributed by atoms with van der Waals surface area (Å²) in [5.74, 6) is -0.653. The predicted molar refractivity (Wildman–Crippen MR) is 134 cm³/mol. The molecule has 1 saturated carbocycles. The molecule has 184 valence electrons. The van der Waals surface area contributed by atoms with Gasteiger partial charge in [-0.1, -0.05) is 59.8 Å². The number of nitrogens with one attached hydrogen (secondary N) is 2. The van der Waals surface area contributed by atoms with Gasteiger partial charge in [0.15, 0.2) is 5.82 Å². The number of aromatic nitrogens is 2. The Kier molecular flexibility index (Phi) is 8.29. The van der Waals surface area contributed by atoms with Crippen LogP contribution < -0.4 is 10.8 Å². The lowest BCUT2D eigenvalue weighted by Crippen LogP contribution is -2.27. The quantitative estimate of drug-likeness (QED) is 0.236. The number of carbonyl (C=O) groups excluding carboxylic acids is 1. The number of halogens is 3. The zero-order valence-corrected chi connectivity index (χ0v) is 21.3. The van der Waals surface area contributed by atoms with Crippen molar-refractivity contribution in [3.8, 4) is 0 Å². The van der Waals surface area contributed by atoms with E-state index in [9.17, 15) is 4.79 Å². The van der Waals surface area contributed by atoms with Gasteiger partial charge in [0.05, 0.1) is 47.0 Å². The van der Waals surface area contributed by atoms with Crippen molar-refractivity contribution in [2.75, 3.05) is 18.5 Å². The molecule has 1 amide bonds. The van der Waals surface area contributed by atoms with Crippen LogP contribution in [0.2, 0.25) is 0 Å². The third-order valence-corrected chi connectivity index (χ3v) is 7.82. The van der Waals surface area contributed by atoms with Gasteiger partial charge in [-0.2, -0.15) is 0 Å². The molecule has 2 aromatic rings. The van der Waals surface area contributed by atoms with Crippen molar-refractivity contribution >= 4 is 50.2 Å². The number of hydroxylamine groups is 1. The number of hydrogen-bond donors (Lipinski definition) is 3. The first-order valence-electron chi connectivity index (χ1n) is 11.6. The monoisotopic (exact) mass is 554 g/mol. The Balaban J connectivity index is 1.73. The van der Waals surface area contributed by atoms with Gasteiger partial charge in [-0.25, -0.2) is 14.9 Å². The Morgan fingerprint density at radius 3 is 2.85 bits per heavy atom. The van der Waals surface area contributed by atoms with Crippen LogP contribution in [0, 0.1) is 17.7 Å². The highest BCUT2D eigenvalue weighted by molar-refractivity contribution is 9.09. The van der Waals surface area contributed by atoms with E-state index in [-0.39, 0.29) is 40.7 Å². The molecule has 4 rings (SSSR count). The van der Waals surface area contributed by atoms with Crippen LogP contribution in [0.4, 0.5) is 10.1 Å². The number of rotatable bonds is 8. The SMILES string of the molecule is CC1C=C(Nc2c(C(=O)NOCCO)cc3c(ncn3CC3CCCCC3)c2F)C(Cl)=CC1Br. The van der Waals surface area contributed by atoms with Crippen LogP contribution in [0.15, 0.2) is 35.3 Å². The van der Waals surface area contributed by atoms with Gasteiger partial charge in [0.25, 0.3) is 5.91 Å². The summed E-state index contributed by atoms with van der Waals surface area (Å²) >= 11 is 9.96. The first kappa shape index (κ1) is 25.2. The van der Waals surface area contributed by atoms with Crippen molar-refractivity contribution in [2.24, 2.45) is 11.8 Å². The van der Waals surface area contributed by atoms with E-state index in [1.54, 1.807) is 12.4 Å². The number of amides is 1. The van der Waals surface area contributed by atoms with Crippen LogP contribution in [0.5, 0.6) is 0 Å². The lowest BCUT2D eigenvalue weighted by atomic mass is 9.89. The summed E-state index contributed by atoms with van der Waals surface area (Å²) in [7, 11) is 0. The average Bonchev–Trinajstić information content (AvgIpc) is 3.22. The van der Waals surface area contributed by atoms with E-state index in [2.05, 4.69) is 31.7 Å². The Morgan fingerprint density at radius 2 is 2.12 bits per heavy atom. The van der Waals surface area contributed by atoms with Crippen LogP contribution in [0.25, 0.3) is 11.0 Å². The van der Waals surface area contributed by atoms with Gasteiger partial charge in [0.2, 0.25) is 0 Å². The second-order valence-corrected chi connectivity index (χ2v) is 10.4. The fraction of sp³-hybridized carbons (Fsp3) is 0.500. The maximum Gasteiger partial charge on any atom is 0.277 e. The molecule has 0 radical (unpaired) electrons. The molecule has 1 heterocycles. The number of alkyl halides is 1. The van der Waals surface area contributed by atoms with E-state index in [4.69, 9.17) is 21.5 Å². The number of carbonyl (C=O) groups is 1. The summed E-state index contributed by atoms with van der Waals surface area (Å²) < 4.78 is 17.8. The largest absolute Gasteiger partial charge is 0.394 e.